The predicted octanol–water partition coefficient (Wildman–Crippen LogP) is 5.78. The Morgan fingerprint density at radius 2 is 1.58 bits per heavy atom. The molecule has 5 heteroatoms. The minimum atomic E-state index is -0.0758. The third-order valence-electron chi connectivity index (χ3n) is 6.02. The predicted molar refractivity (Wildman–Crippen MR) is 140 cm³/mol. The Kier molecular flexibility index (Phi) is 6.90. The smallest absolute Gasteiger partial charge is 0.253 e. The van der Waals surface area contributed by atoms with Crippen molar-refractivity contribution in [3.05, 3.63) is 117 Å². The van der Waals surface area contributed by atoms with E-state index in [1.165, 1.54) is 0 Å². The third-order valence-corrected chi connectivity index (χ3v) is 6.40. The molecule has 0 saturated heterocycles. The summed E-state index contributed by atoms with van der Waals surface area (Å²) in [5, 5.41) is 5.15. The molecule has 0 amide bonds. The van der Waals surface area contributed by atoms with E-state index in [1.54, 1.807) is 0 Å². The number of aryl methyl sites for hydroxylation is 2. The molecule has 0 bridgehead atoms. The van der Waals surface area contributed by atoms with Crippen molar-refractivity contribution in [1.82, 2.24) is 15.2 Å². The standard InChI is InChI=1S/C28H29N3OS/c1-19-14-15-20(2)26-25(19)16-24(27(32)30-26)18-31(17-22-10-6-4-7-11-22)28(33)29-21(3)23-12-8-5-9-13-23/h4-16,21H,17-18H2,1-3H3,(H,29,33)(H,30,32)/t21-/m0/s1. The molecule has 0 unspecified atom stereocenters. The zero-order chi connectivity index (χ0) is 23.4. The minimum absolute atomic E-state index is 0.0526. The first-order chi connectivity index (χ1) is 15.9. The van der Waals surface area contributed by atoms with Crippen LogP contribution in [0.5, 0.6) is 0 Å². The summed E-state index contributed by atoms with van der Waals surface area (Å²) in [5.74, 6) is 0. The number of thiocarbonyl (C=S) groups is 1. The van der Waals surface area contributed by atoms with Gasteiger partial charge < -0.3 is 15.2 Å². The summed E-state index contributed by atoms with van der Waals surface area (Å²) in [5.41, 5.74) is 6.02. The summed E-state index contributed by atoms with van der Waals surface area (Å²) >= 11 is 5.84. The summed E-state index contributed by atoms with van der Waals surface area (Å²) in [7, 11) is 0. The van der Waals surface area contributed by atoms with Crippen LogP contribution in [-0.4, -0.2) is 15.0 Å². The highest BCUT2D eigenvalue weighted by atomic mass is 32.1. The van der Waals surface area contributed by atoms with Gasteiger partial charge in [-0.15, -0.1) is 0 Å². The van der Waals surface area contributed by atoms with Crippen LogP contribution < -0.4 is 10.9 Å². The van der Waals surface area contributed by atoms with Crippen LogP contribution >= 0.6 is 12.2 Å². The molecule has 0 saturated carbocycles. The summed E-state index contributed by atoms with van der Waals surface area (Å²) in [4.78, 5) is 18.2. The molecule has 4 aromatic rings. The number of rotatable bonds is 6. The lowest BCUT2D eigenvalue weighted by Crippen LogP contribution is -2.41. The van der Waals surface area contributed by atoms with Crippen molar-refractivity contribution < 1.29 is 0 Å². The number of hydrogen-bond acceptors (Lipinski definition) is 2. The first kappa shape index (κ1) is 22.7. The number of H-pyrrole nitrogens is 1. The second-order valence-electron chi connectivity index (χ2n) is 8.54. The Balaban J connectivity index is 1.65. The number of aromatic amines is 1. The largest absolute Gasteiger partial charge is 0.356 e. The van der Waals surface area contributed by atoms with Gasteiger partial charge in [-0.1, -0.05) is 72.8 Å². The quantitative estimate of drug-likeness (QED) is 0.362. The van der Waals surface area contributed by atoms with Gasteiger partial charge in [0.05, 0.1) is 18.1 Å². The normalized spacial score (nSPS) is 11.8. The second-order valence-corrected chi connectivity index (χ2v) is 8.92. The van der Waals surface area contributed by atoms with E-state index in [2.05, 4.69) is 59.4 Å². The molecule has 4 rings (SSSR count). The lowest BCUT2D eigenvalue weighted by Gasteiger charge is -2.28. The summed E-state index contributed by atoms with van der Waals surface area (Å²) in [6.07, 6.45) is 0. The van der Waals surface area contributed by atoms with Crippen LogP contribution in [0.15, 0.2) is 83.7 Å². The van der Waals surface area contributed by atoms with Gasteiger partial charge in [0.15, 0.2) is 5.11 Å². The van der Waals surface area contributed by atoms with Crippen molar-refractivity contribution >= 4 is 28.2 Å². The number of benzene rings is 3. The van der Waals surface area contributed by atoms with E-state index < -0.39 is 0 Å². The average Bonchev–Trinajstić information content (AvgIpc) is 2.83. The molecule has 168 valence electrons. The van der Waals surface area contributed by atoms with Gasteiger partial charge in [0.2, 0.25) is 0 Å². The Morgan fingerprint density at radius 3 is 2.27 bits per heavy atom. The monoisotopic (exact) mass is 455 g/mol. The van der Waals surface area contributed by atoms with Gasteiger partial charge in [0.25, 0.3) is 5.56 Å². The van der Waals surface area contributed by atoms with E-state index in [1.807, 2.05) is 55.5 Å². The molecule has 33 heavy (non-hydrogen) atoms. The molecule has 0 fully saturated rings. The third kappa shape index (κ3) is 5.32. The SMILES string of the molecule is Cc1ccc(C)c2[nH]c(=O)c(CN(Cc3ccccc3)C(=S)N[C@@H](C)c3ccccc3)cc12. The fourth-order valence-corrected chi connectivity index (χ4v) is 4.35. The minimum Gasteiger partial charge on any atom is -0.356 e. The van der Waals surface area contributed by atoms with E-state index in [0.717, 1.165) is 33.2 Å². The molecule has 1 aromatic heterocycles. The van der Waals surface area contributed by atoms with Crippen molar-refractivity contribution in [1.29, 1.82) is 0 Å². The van der Waals surface area contributed by atoms with Gasteiger partial charge >= 0.3 is 0 Å². The molecule has 0 aliphatic carbocycles. The van der Waals surface area contributed by atoms with Gasteiger partial charge in [0.1, 0.15) is 0 Å². The highest BCUT2D eigenvalue weighted by Crippen LogP contribution is 2.21. The van der Waals surface area contributed by atoms with Gasteiger partial charge in [-0.25, -0.2) is 0 Å². The van der Waals surface area contributed by atoms with Gasteiger partial charge in [-0.2, -0.15) is 0 Å². The molecule has 2 N–H and O–H groups in total. The van der Waals surface area contributed by atoms with Crippen LogP contribution in [0.25, 0.3) is 10.9 Å². The molecule has 1 heterocycles. The molecule has 0 spiro atoms. The Labute approximate surface area is 200 Å². The van der Waals surface area contributed by atoms with Crippen LogP contribution in [0.3, 0.4) is 0 Å². The van der Waals surface area contributed by atoms with Crippen molar-refractivity contribution in [3.8, 4) is 0 Å². The van der Waals surface area contributed by atoms with Crippen molar-refractivity contribution in [3.63, 3.8) is 0 Å². The number of hydrogen-bond donors (Lipinski definition) is 2. The van der Waals surface area contributed by atoms with Gasteiger partial charge in [-0.05, 0) is 61.3 Å². The maximum atomic E-state index is 13.0. The molecule has 4 nitrogen and oxygen atoms in total. The number of nitrogens with one attached hydrogen (secondary N) is 2. The van der Waals surface area contributed by atoms with E-state index in [0.29, 0.717) is 23.8 Å². The van der Waals surface area contributed by atoms with Crippen molar-refractivity contribution in [2.24, 2.45) is 0 Å². The lowest BCUT2D eigenvalue weighted by atomic mass is 10.0. The number of aromatic nitrogens is 1. The van der Waals surface area contributed by atoms with E-state index >= 15 is 0 Å². The Hall–Kier alpha value is -3.44. The van der Waals surface area contributed by atoms with Crippen LogP contribution in [0.2, 0.25) is 0 Å². The number of pyridine rings is 1. The zero-order valence-electron chi connectivity index (χ0n) is 19.3. The maximum absolute atomic E-state index is 13.0. The Bertz CT molecular complexity index is 1320. The molecular weight excluding hydrogens is 426 g/mol. The Morgan fingerprint density at radius 1 is 0.939 bits per heavy atom. The summed E-state index contributed by atoms with van der Waals surface area (Å²) in [6, 6.07) is 26.6. The van der Waals surface area contributed by atoms with Crippen LogP contribution in [0.4, 0.5) is 0 Å². The maximum Gasteiger partial charge on any atom is 0.253 e. The fourth-order valence-electron chi connectivity index (χ4n) is 4.05. The molecule has 0 radical (unpaired) electrons. The van der Waals surface area contributed by atoms with Gasteiger partial charge in [0, 0.05) is 17.5 Å². The number of nitrogens with zero attached hydrogens (tertiary/aromatic N) is 1. The first-order valence-corrected chi connectivity index (χ1v) is 11.6. The first-order valence-electron chi connectivity index (χ1n) is 11.2. The van der Waals surface area contributed by atoms with Crippen LogP contribution in [0, 0.1) is 13.8 Å². The van der Waals surface area contributed by atoms with E-state index in [4.69, 9.17) is 12.2 Å². The van der Waals surface area contributed by atoms with E-state index in [-0.39, 0.29) is 11.6 Å². The lowest BCUT2D eigenvalue weighted by molar-refractivity contribution is 0.392. The highest BCUT2D eigenvalue weighted by molar-refractivity contribution is 7.80. The van der Waals surface area contributed by atoms with Crippen LogP contribution in [-0.2, 0) is 13.1 Å². The zero-order valence-corrected chi connectivity index (χ0v) is 20.1. The van der Waals surface area contributed by atoms with Gasteiger partial charge in [-0.3, -0.25) is 4.79 Å². The van der Waals surface area contributed by atoms with E-state index in [9.17, 15) is 4.79 Å². The van der Waals surface area contributed by atoms with Crippen molar-refractivity contribution in [2.45, 2.75) is 39.9 Å². The molecular formula is C28H29N3OS. The second kappa shape index (κ2) is 10.0. The highest BCUT2D eigenvalue weighted by Gasteiger charge is 2.17. The van der Waals surface area contributed by atoms with Crippen LogP contribution in [0.1, 0.15) is 40.8 Å². The average molecular weight is 456 g/mol. The molecule has 3 aromatic carbocycles. The summed E-state index contributed by atoms with van der Waals surface area (Å²) in [6.45, 7) is 7.21. The molecule has 1 atom stereocenters. The fraction of sp³-hybridized carbons (Fsp3) is 0.214. The molecule has 0 aliphatic heterocycles. The summed E-state index contributed by atoms with van der Waals surface area (Å²) < 4.78 is 0. The molecule has 0 aliphatic rings. The topological polar surface area (TPSA) is 48.1 Å². The van der Waals surface area contributed by atoms with Crippen molar-refractivity contribution in [2.75, 3.05) is 0 Å². The number of fused-ring (bicyclic) bond motifs is 1.